The van der Waals surface area contributed by atoms with Crippen molar-refractivity contribution in [3.63, 3.8) is 0 Å². The van der Waals surface area contributed by atoms with Gasteiger partial charge in [-0.25, -0.2) is 9.66 Å². The lowest BCUT2D eigenvalue weighted by Crippen LogP contribution is -2.44. The third kappa shape index (κ3) is 3.24. The van der Waals surface area contributed by atoms with Gasteiger partial charge in [-0.05, 0) is 31.2 Å². The summed E-state index contributed by atoms with van der Waals surface area (Å²) >= 11 is 3.39. The number of rotatable bonds is 4. The van der Waals surface area contributed by atoms with E-state index >= 15 is 0 Å². The fourth-order valence-corrected chi connectivity index (χ4v) is 3.34. The van der Waals surface area contributed by atoms with E-state index in [9.17, 15) is 9.59 Å². The summed E-state index contributed by atoms with van der Waals surface area (Å²) in [7, 11) is 0. The first-order valence-electron chi connectivity index (χ1n) is 8.49. The number of carbonyl (C=O) groups excluding carboxylic acids is 1. The Balaban J connectivity index is 1.62. The van der Waals surface area contributed by atoms with Gasteiger partial charge in [0.15, 0.2) is 6.40 Å². The van der Waals surface area contributed by atoms with Gasteiger partial charge in [-0.3, -0.25) is 20.4 Å². The number of aryl methyl sites for hydroxylation is 1. The van der Waals surface area contributed by atoms with Crippen molar-refractivity contribution in [1.82, 2.24) is 15.1 Å². The number of nitrogens with one attached hydrogen (secondary N) is 2. The molecule has 0 saturated heterocycles. The molecule has 0 radical (unpaired) electrons. The standard InChI is InChI=1S/C19H16BrN5O3/c1-12-22-16-5-3-2-4-15(16)18(27)25(12)23-17(26)10-19(24-21-11-28-19)13-6-8-14(20)9-7-13/h2-9,11,24H,10H2,1H3,(H,23,26). The molecule has 2 N–H and O–H groups in total. The number of benzene rings is 2. The fraction of sp³-hybridized carbons (Fsp3) is 0.158. The van der Waals surface area contributed by atoms with E-state index in [0.29, 0.717) is 16.7 Å². The van der Waals surface area contributed by atoms with E-state index in [-0.39, 0.29) is 12.0 Å². The maximum atomic E-state index is 12.8. The average Bonchev–Trinajstić information content (AvgIpc) is 3.15. The fourth-order valence-electron chi connectivity index (χ4n) is 3.07. The number of fused-ring (bicyclic) bond motifs is 1. The predicted molar refractivity (Wildman–Crippen MR) is 108 cm³/mol. The summed E-state index contributed by atoms with van der Waals surface area (Å²) in [5.74, 6) is -0.0468. The average molecular weight is 442 g/mol. The Hall–Kier alpha value is -3.20. The quantitative estimate of drug-likeness (QED) is 0.647. The summed E-state index contributed by atoms with van der Waals surface area (Å²) < 4.78 is 7.67. The molecule has 1 unspecified atom stereocenters. The van der Waals surface area contributed by atoms with Crippen LogP contribution in [0.5, 0.6) is 0 Å². The second kappa shape index (κ2) is 7.08. The van der Waals surface area contributed by atoms with Crippen LogP contribution >= 0.6 is 15.9 Å². The largest absolute Gasteiger partial charge is 0.450 e. The number of amides is 1. The van der Waals surface area contributed by atoms with E-state index in [4.69, 9.17) is 4.74 Å². The van der Waals surface area contributed by atoms with Crippen LogP contribution in [0.15, 0.2) is 62.9 Å². The molecule has 142 valence electrons. The number of carbonyl (C=O) groups is 1. The maximum absolute atomic E-state index is 12.8. The van der Waals surface area contributed by atoms with Crippen molar-refractivity contribution in [3.05, 3.63) is 74.7 Å². The highest BCUT2D eigenvalue weighted by atomic mass is 79.9. The van der Waals surface area contributed by atoms with Gasteiger partial charge in [0.05, 0.1) is 17.3 Å². The monoisotopic (exact) mass is 441 g/mol. The van der Waals surface area contributed by atoms with Gasteiger partial charge in [0.2, 0.25) is 11.6 Å². The Bertz CT molecular complexity index is 1130. The van der Waals surface area contributed by atoms with Gasteiger partial charge in [-0.15, -0.1) is 5.10 Å². The molecular formula is C19H16BrN5O3. The maximum Gasteiger partial charge on any atom is 0.280 e. The van der Waals surface area contributed by atoms with Gasteiger partial charge in [0, 0.05) is 10.0 Å². The van der Waals surface area contributed by atoms with E-state index in [2.05, 4.69) is 36.9 Å². The third-order valence-corrected chi connectivity index (χ3v) is 4.98. The van der Waals surface area contributed by atoms with Crippen molar-refractivity contribution >= 4 is 39.1 Å². The molecule has 0 fully saturated rings. The molecule has 3 aromatic rings. The van der Waals surface area contributed by atoms with E-state index in [1.54, 1.807) is 25.1 Å². The second-order valence-electron chi connectivity index (χ2n) is 6.33. The normalized spacial score (nSPS) is 17.9. The molecule has 0 aliphatic carbocycles. The zero-order chi connectivity index (χ0) is 19.7. The smallest absolute Gasteiger partial charge is 0.280 e. The molecule has 1 aliphatic rings. The minimum Gasteiger partial charge on any atom is -0.450 e. The Morgan fingerprint density at radius 3 is 2.71 bits per heavy atom. The summed E-state index contributed by atoms with van der Waals surface area (Å²) in [5.41, 5.74) is 5.29. The van der Waals surface area contributed by atoms with E-state index in [1.165, 1.54) is 6.40 Å². The molecule has 1 amide bonds. The van der Waals surface area contributed by atoms with Crippen molar-refractivity contribution in [2.24, 2.45) is 5.10 Å². The number of nitrogens with zero attached hydrogens (tertiary/aromatic N) is 3. The third-order valence-electron chi connectivity index (χ3n) is 4.45. The number of hydrogen-bond donors (Lipinski definition) is 2. The van der Waals surface area contributed by atoms with Crippen LogP contribution in [0.2, 0.25) is 0 Å². The van der Waals surface area contributed by atoms with Gasteiger partial charge in [0.1, 0.15) is 5.82 Å². The number of para-hydroxylation sites is 1. The number of halogens is 1. The first-order valence-corrected chi connectivity index (χ1v) is 9.29. The number of hydrogen-bond acceptors (Lipinski definition) is 6. The minimum atomic E-state index is -1.15. The molecule has 0 spiro atoms. The van der Waals surface area contributed by atoms with E-state index in [0.717, 1.165) is 14.7 Å². The molecular weight excluding hydrogens is 426 g/mol. The highest BCUT2D eigenvalue weighted by Gasteiger charge is 2.39. The molecule has 4 rings (SSSR count). The van der Waals surface area contributed by atoms with Crippen molar-refractivity contribution in [1.29, 1.82) is 0 Å². The highest BCUT2D eigenvalue weighted by molar-refractivity contribution is 9.10. The van der Waals surface area contributed by atoms with Gasteiger partial charge in [0.25, 0.3) is 5.56 Å². The lowest BCUT2D eigenvalue weighted by molar-refractivity contribution is -0.122. The Labute approximate surface area is 168 Å². The number of ether oxygens (including phenoxy) is 1. The molecule has 28 heavy (non-hydrogen) atoms. The van der Waals surface area contributed by atoms with Crippen LogP contribution in [0.25, 0.3) is 10.9 Å². The topological polar surface area (TPSA) is 97.6 Å². The Morgan fingerprint density at radius 2 is 2.00 bits per heavy atom. The van der Waals surface area contributed by atoms with Crippen molar-refractivity contribution in [2.75, 3.05) is 5.43 Å². The SMILES string of the molecule is Cc1nc2ccccc2c(=O)n1NC(=O)CC1(c2ccc(Br)cc2)NN=CO1. The minimum absolute atomic E-state index is 0.104. The first-order chi connectivity index (χ1) is 13.5. The molecule has 9 heteroatoms. The Kier molecular flexibility index (Phi) is 4.60. The summed E-state index contributed by atoms with van der Waals surface area (Å²) in [5, 5.41) is 4.33. The van der Waals surface area contributed by atoms with Gasteiger partial charge in [-0.2, -0.15) is 0 Å². The van der Waals surface area contributed by atoms with Crippen LogP contribution in [0, 0.1) is 6.92 Å². The van der Waals surface area contributed by atoms with Crippen molar-refractivity contribution in [2.45, 2.75) is 19.1 Å². The van der Waals surface area contributed by atoms with Gasteiger partial charge < -0.3 is 4.74 Å². The van der Waals surface area contributed by atoms with Crippen molar-refractivity contribution in [3.8, 4) is 0 Å². The van der Waals surface area contributed by atoms with Crippen LogP contribution in [0.1, 0.15) is 17.8 Å². The lowest BCUT2D eigenvalue weighted by atomic mass is 9.99. The molecule has 1 aliphatic heterocycles. The number of hydrazone groups is 1. The molecule has 1 aromatic heterocycles. The summed E-state index contributed by atoms with van der Waals surface area (Å²) in [4.78, 5) is 29.9. The second-order valence-corrected chi connectivity index (χ2v) is 7.24. The molecule has 0 saturated carbocycles. The zero-order valence-corrected chi connectivity index (χ0v) is 16.4. The molecule has 8 nitrogen and oxygen atoms in total. The highest BCUT2D eigenvalue weighted by Crippen LogP contribution is 2.30. The van der Waals surface area contributed by atoms with Gasteiger partial charge in [-0.1, -0.05) is 40.2 Å². The number of aromatic nitrogens is 2. The van der Waals surface area contributed by atoms with E-state index < -0.39 is 11.6 Å². The van der Waals surface area contributed by atoms with Crippen LogP contribution in [-0.4, -0.2) is 22.0 Å². The lowest BCUT2D eigenvalue weighted by Gasteiger charge is -2.27. The molecule has 1 atom stereocenters. The van der Waals surface area contributed by atoms with Gasteiger partial charge >= 0.3 is 0 Å². The van der Waals surface area contributed by atoms with Crippen LogP contribution < -0.4 is 16.4 Å². The summed E-state index contributed by atoms with van der Waals surface area (Å²) in [6.07, 6.45) is 1.15. The molecule has 2 aromatic carbocycles. The summed E-state index contributed by atoms with van der Waals surface area (Å²) in [6.45, 7) is 1.66. The predicted octanol–water partition coefficient (Wildman–Crippen LogP) is 2.34. The Morgan fingerprint density at radius 1 is 1.25 bits per heavy atom. The van der Waals surface area contributed by atoms with Crippen molar-refractivity contribution < 1.29 is 9.53 Å². The summed E-state index contributed by atoms with van der Waals surface area (Å²) in [6, 6.07) is 14.3. The first kappa shape index (κ1) is 18.2. The van der Waals surface area contributed by atoms with E-state index in [1.807, 2.05) is 30.3 Å². The molecule has 2 heterocycles. The zero-order valence-electron chi connectivity index (χ0n) is 14.8. The van der Waals surface area contributed by atoms with Crippen LogP contribution in [-0.2, 0) is 15.3 Å². The van der Waals surface area contributed by atoms with Crippen LogP contribution in [0.3, 0.4) is 0 Å². The molecule has 0 bridgehead atoms. The van der Waals surface area contributed by atoms with Crippen LogP contribution in [0.4, 0.5) is 0 Å².